The van der Waals surface area contributed by atoms with Crippen LogP contribution in [0.25, 0.3) is 0 Å². The molecule has 1 fully saturated rings. The molecule has 0 bridgehead atoms. The number of aliphatic hydroxyl groups is 1. The van der Waals surface area contributed by atoms with Crippen LogP contribution < -0.4 is 5.32 Å². The molecule has 1 atom stereocenters. The summed E-state index contributed by atoms with van der Waals surface area (Å²) in [4.78, 5) is 24.8. The van der Waals surface area contributed by atoms with E-state index in [1.54, 1.807) is 31.2 Å². The standard InChI is InChI=1S/C20H19BrN2O4S/c1-2-27-20(26)17-16(12-5-7-13(21)8-6-12)14(9-22)19(23-18(17)25)28-10-15(24)11-3-4-11/h5-8,11,16,26H,2-4,10H2,1H3,(H,23,25)/t16-/m1/s1. The lowest BCUT2D eigenvalue weighted by Gasteiger charge is -2.28. The number of nitrogens with one attached hydrogen (secondary N) is 1. The number of carbonyl (C=O) groups excluding carboxylic acids is 2. The topological polar surface area (TPSA) is 99.4 Å². The second-order valence-electron chi connectivity index (χ2n) is 6.47. The van der Waals surface area contributed by atoms with Crippen LogP contribution >= 0.6 is 27.7 Å². The summed E-state index contributed by atoms with van der Waals surface area (Å²) >= 11 is 4.53. The molecule has 0 aromatic heterocycles. The molecule has 6 nitrogen and oxygen atoms in total. The summed E-state index contributed by atoms with van der Waals surface area (Å²) in [5.74, 6) is -1.38. The predicted molar refractivity (Wildman–Crippen MR) is 109 cm³/mol. The number of carbonyl (C=O) groups is 2. The highest BCUT2D eigenvalue weighted by molar-refractivity contribution is 9.10. The molecule has 1 amide bonds. The molecule has 1 aromatic rings. The van der Waals surface area contributed by atoms with Gasteiger partial charge in [-0.15, -0.1) is 0 Å². The Bertz CT molecular complexity index is 898. The maximum atomic E-state index is 12.8. The van der Waals surface area contributed by atoms with Crippen LogP contribution in [0.4, 0.5) is 0 Å². The SMILES string of the molecule is CCOC(O)=C1C(=O)NC(SCC(=O)C2CC2)=C(C#N)[C@H]1c1ccc(Br)cc1. The average molecular weight is 463 g/mol. The van der Waals surface area contributed by atoms with Crippen molar-refractivity contribution in [1.82, 2.24) is 5.32 Å². The van der Waals surface area contributed by atoms with Gasteiger partial charge in [-0.25, -0.2) is 0 Å². The fraction of sp³-hybridized carbons (Fsp3) is 0.350. The zero-order valence-corrected chi connectivity index (χ0v) is 17.6. The first-order chi connectivity index (χ1) is 13.5. The van der Waals surface area contributed by atoms with Crippen molar-refractivity contribution < 1.29 is 19.4 Å². The van der Waals surface area contributed by atoms with Gasteiger partial charge >= 0.3 is 0 Å². The van der Waals surface area contributed by atoms with Crippen molar-refractivity contribution in [2.24, 2.45) is 5.92 Å². The van der Waals surface area contributed by atoms with Gasteiger partial charge in [0.15, 0.2) is 0 Å². The molecule has 0 spiro atoms. The Kier molecular flexibility index (Phi) is 6.47. The van der Waals surface area contributed by atoms with Crippen LogP contribution in [0.15, 0.2) is 50.9 Å². The van der Waals surface area contributed by atoms with Crippen LogP contribution in [-0.2, 0) is 14.3 Å². The number of allylic oxidation sites excluding steroid dienone is 1. The van der Waals surface area contributed by atoms with E-state index in [2.05, 4.69) is 27.3 Å². The minimum atomic E-state index is -0.781. The van der Waals surface area contributed by atoms with Crippen LogP contribution in [0.3, 0.4) is 0 Å². The molecule has 1 heterocycles. The summed E-state index contributed by atoms with van der Waals surface area (Å²) in [6.45, 7) is 1.87. The fourth-order valence-corrected chi connectivity index (χ4v) is 4.23. The number of ether oxygens (including phenoxy) is 1. The van der Waals surface area contributed by atoms with Crippen molar-refractivity contribution in [3.63, 3.8) is 0 Å². The first-order valence-corrected chi connectivity index (χ1v) is 10.7. The van der Waals surface area contributed by atoms with E-state index in [-0.39, 0.29) is 35.2 Å². The Balaban J connectivity index is 2.04. The first kappa shape index (κ1) is 20.5. The van der Waals surface area contributed by atoms with E-state index in [4.69, 9.17) is 4.74 Å². The normalized spacial score (nSPS) is 21.0. The monoisotopic (exact) mass is 462 g/mol. The highest BCUT2D eigenvalue weighted by Crippen LogP contribution is 2.41. The fourth-order valence-electron chi connectivity index (χ4n) is 2.96. The van der Waals surface area contributed by atoms with Gasteiger partial charge in [-0.3, -0.25) is 9.59 Å². The number of hydrogen-bond donors (Lipinski definition) is 2. The second-order valence-corrected chi connectivity index (χ2v) is 8.38. The summed E-state index contributed by atoms with van der Waals surface area (Å²) in [7, 11) is 0. The van der Waals surface area contributed by atoms with Crippen molar-refractivity contribution in [3.8, 4) is 6.07 Å². The molecule has 2 aliphatic rings. The van der Waals surface area contributed by atoms with Gasteiger partial charge in [-0.1, -0.05) is 39.8 Å². The van der Waals surface area contributed by atoms with Gasteiger partial charge in [0, 0.05) is 10.4 Å². The molecule has 1 aliphatic heterocycles. The van der Waals surface area contributed by atoms with Gasteiger partial charge in [0.25, 0.3) is 11.9 Å². The number of halogens is 1. The maximum absolute atomic E-state index is 12.8. The molecule has 3 rings (SSSR count). The zero-order chi connectivity index (χ0) is 20.3. The van der Waals surface area contributed by atoms with Gasteiger partial charge in [-0.05, 0) is 37.5 Å². The van der Waals surface area contributed by atoms with Crippen molar-refractivity contribution in [2.45, 2.75) is 25.7 Å². The Hall–Kier alpha value is -2.24. The maximum Gasteiger partial charge on any atom is 0.286 e. The summed E-state index contributed by atoms with van der Waals surface area (Å²) in [5, 5.41) is 23.2. The van der Waals surface area contributed by atoms with Crippen molar-refractivity contribution in [3.05, 3.63) is 56.4 Å². The lowest BCUT2D eigenvalue weighted by Crippen LogP contribution is -2.35. The van der Waals surface area contributed by atoms with Crippen LogP contribution in [0.2, 0.25) is 0 Å². The van der Waals surface area contributed by atoms with Gasteiger partial charge in [-0.2, -0.15) is 5.26 Å². The minimum absolute atomic E-state index is 0.0152. The van der Waals surface area contributed by atoms with Crippen LogP contribution in [0, 0.1) is 17.2 Å². The number of hydrogen-bond acceptors (Lipinski definition) is 6. The van der Waals surface area contributed by atoms with E-state index in [9.17, 15) is 20.0 Å². The highest BCUT2D eigenvalue weighted by Gasteiger charge is 2.38. The predicted octanol–water partition coefficient (Wildman–Crippen LogP) is 3.92. The summed E-state index contributed by atoms with van der Waals surface area (Å²) < 4.78 is 6.02. The van der Waals surface area contributed by atoms with Gasteiger partial charge in [0.1, 0.15) is 11.4 Å². The van der Waals surface area contributed by atoms with E-state index >= 15 is 0 Å². The number of thioether (sulfide) groups is 1. The third-order valence-electron chi connectivity index (χ3n) is 4.52. The highest BCUT2D eigenvalue weighted by atomic mass is 79.9. The van der Waals surface area contributed by atoms with E-state index in [1.807, 2.05) is 0 Å². The molecule has 2 N–H and O–H groups in total. The van der Waals surface area contributed by atoms with E-state index in [1.165, 1.54) is 0 Å². The molecule has 1 saturated carbocycles. The second kappa shape index (κ2) is 8.84. The largest absolute Gasteiger partial charge is 0.481 e. The average Bonchev–Trinajstić information content (AvgIpc) is 3.51. The summed E-state index contributed by atoms with van der Waals surface area (Å²) in [6.07, 6.45) is 1.82. The number of benzene rings is 1. The molecule has 0 saturated heterocycles. The van der Waals surface area contributed by atoms with Crippen molar-refractivity contribution in [1.29, 1.82) is 5.26 Å². The molecule has 0 unspecified atom stereocenters. The quantitative estimate of drug-likeness (QED) is 0.470. The number of Topliss-reactive ketones (excluding diaryl/α,β-unsaturated/α-hetero) is 1. The smallest absolute Gasteiger partial charge is 0.286 e. The summed E-state index contributed by atoms with van der Waals surface area (Å²) in [5.41, 5.74) is 0.929. The Morgan fingerprint density at radius 3 is 2.64 bits per heavy atom. The minimum Gasteiger partial charge on any atom is -0.481 e. The number of nitrogens with zero attached hydrogens (tertiary/aromatic N) is 1. The zero-order valence-electron chi connectivity index (χ0n) is 15.2. The van der Waals surface area contributed by atoms with E-state index < -0.39 is 17.8 Å². The van der Waals surface area contributed by atoms with E-state index in [0.29, 0.717) is 10.6 Å². The molecule has 0 radical (unpaired) electrons. The molecule has 28 heavy (non-hydrogen) atoms. The van der Waals surface area contributed by atoms with Crippen molar-refractivity contribution >= 4 is 39.4 Å². The van der Waals surface area contributed by atoms with Crippen LogP contribution in [0.1, 0.15) is 31.2 Å². The Morgan fingerprint density at radius 1 is 1.39 bits per heavy atom. The molecule has 146 valence electrons. The molecule has 1 aromatic carbocycles. The lowest BCUT2D eigenvalue weighted by molar-refractivity contribution is -0.118. The third kappa shape index (κ3) is 4.42. The van der Waals surface area contributed by atoms with Gasteiger partial charge in [0.05, 0.1) is 34.9 Å². The number of nitriles is 1. The summed E-state index contributed by atoms with van der Waals surface area (Å²) in [6, 6.07) is 9.31. The molecular formula is C20H19BrN2O4S. The Labute approximate surface area is 175 Å². The molecule has 8 heteroatoms. The number of aliphatic hydroxyl groups excluding tert-OH is 1. The van der Waals surface area contributed by atoms with E-state index in [0.717, 1.165) is 29.1 Å². The number of ketones is 1. The first-order valence-electron chi connectivity index (χ1n) is 8.88. The van der Waals surface area contributed by atoms with Crippen LogP contribution in [-0.4, -0.2) is 29.2 Å². The van der Waals surface area contributed by atoms with Gasteiger partial charge < -0.3 is 15.2 Å². The van der Waals surface area contributed by atoms with Crippen LogP contribution in [0.5, 0.6) is 0 Å². The van der Waals surface area contributed by atoms with Gasteiger partial charge in [0.2, 0.25) is 0 Å². The number of rotatable bonds is 7. The number of amides is 1. The molecule has 1 aliphatic carbocycles. The van der Waals surface area contributed by atoms with Crippen molar-refractivity contribution in [2.75, 3.05) is 12.4 Å². The molecular weight excluding hydrogens is 444 g/mol. The Morgan fingerprint density at radius 2 is 2.07 bits per heavy atom. The lowest BCUT2D eigenvalue weighted by atomic mass is 9.83. The third-order valence-corrected chi connectivity index (χ3v) is 6.09.